The molecule has 2 aromatic rings. The summed E-state index contributed by atoms with van der Waals surface area (Å²) in [6.07, 6.45) is 9.61. The number of rotatable bonds is 3. The van der Waals surface area contributed by atoms with Gasteiger partial charge >= 0.3 is 0 Å². The molecule has 2 aromatic heterocycles. The zero-order valence-corrected chi connectivity index (χ0v) is 13.8. The number of aryl methyl sites for hydroxylation is 3. The molecule has 1 aliphatic carbocycles. The third-order valence-corrected chi connectivity index (χ3v) is 5.40. The second kappa shape index (κ2) is 5.65. The first-order chi connectivity index (χ1) is 10.8. The first kappa shape index (κ1) is 14.2. The summed E-state index contributed by atoms with van der Waals surface area (Å²) in [7, 11) is 2.05. The normalized spacial score (nSPS) is 22.4. The number of hydrogen-bond donors (Lipinski definition) is 0. The van der Waals surface area contributed by atoms with Crippen LogP contribution in [0.4, 0.5) is 0 Å². The topological polar surface area (TPSA) is 34.0 Å². The molecule has 0 bridgehead atoms. The summed E-state index contributed by atoms with van der Waals surface area (Å²) >= 11 is 0. The van der Waals surface area contributed by atoms with Crippen LogP contribution in [0.1, 0.15) is 55.3 Å². The predicted molar refractivity (Wildman–Crippen MR) is 89.2 cm³/mol. The largest absolute Gasteiger partial charge is 0.303 e. The summed E-state index contributed by atoms with van der Waals surface area (Å²) in [5.74, 6) is 0.588. The Hall–Kier alpha value is -1.42. The highest BCUT2D eigenvalue weighted by molar-refractivity contribution is 5.84. The molecular formula is C18H26N4. The minimum atomic E-state index is 0.588. The molecule has 1 saturated heterocycles. The zero-order chi connectivity index (χ0) is 15.1. The van der Waals surface area contributed by atoms with E-state index in [1.807, 2.05) is 11.7 Å². The SMILES string of the molecule is CCCN1CC[C@H](c2nn(C)c3ncc4c(c23)CCCC4)C1. The van der Waals surface area contributed by atoms with E-state index in [9.17, 15) is 0 Å². The highest BCUT2D eigenvalue weighted by Gasteiger charge is 2.29. The van der Waals surface area contributed by atoms with Gasteiger partial charge in [-0.2, -0.15) is 5.10 Å². The van der Waals surface area contributed by atoms with Crippen LogP contribution in [0.5, 0.6) is 0 Å². The summed E-state index contributed by atoms with van der Waals surface area (Å²) in [6, 6.07) is 0. The van der Waals surface area contributed by atoms with Crippen molar-refractivity contribution in [2.45, 2.75) is 51.4 Å². The van der Waals surface area contributed by atoms with Crippen LogP contribution in [0.2, 0.25) is 0 Å². The third-order valence-electron chi connectivity index (χ3n) is 5.40. The summed E-state index contributed by atoms with van der Waals surface area (Å²) in [5.41, 5.74) is 5.43. The van der Waals surface area contributed by atoms with Crippen molar-refractivity contribution in [3.8, 4) is 0 Å². The van der Waals surface area contributed by atoms with Gasteiger partial charge in [-0.3, -0.25) is 4.68 Å². The van der Waals surface area contributed by atoms with Crippen LogP contribution in [0, 0.1) is 0 Å². The van der Waals surface area contributed by atoms with Gasteiger partial charge in [-0.05, 0) is 62.7 Å². The van der Waals surface area contributed by atoms with Crippen LogP contribution in [-0.2, 0) is 19.9 Å². The molecule has 2 aliphatic rings. The molecule has 0 N–H and O–H groups in total. The Balaban J connectivity index is 1.78. The molecule has 4 heteroatoms. The highest BCUT2D eigenvalue weighted by Crippen LogP contribution is 2.36. The molecule has 0 unspecified atom stereocenters. The number of aromatic nitrogens is 3. The van der Waals surface area contributed by atoms with E-state index in [2.05, 4.69) is 18.0 Å². The smallest absolute Gasteiger partial charge is 0.158 e. The lowest BCUT2D eigenvalue weighted by Crippen LogP contribution is -2.21. The summed E-state index contributed by atoms with van der Waals surface area (Å²) < 4.78 is 2.00. The van der Waals surface area contributed by atoms with E-state index >= 15 is 0 Å². The maximum atomic E-state index is 4.90. The van der Waals surface area contributed by atoms with Crippen molar-refractivity contribution in [3.63, 3.8) is 0 Å². The fraction of sp³-hybridized carbons (Fsp3) is 0.667. The van der Waals surface area contributed by atoms with Crippen molar-refractivity contribution in [1.29, 1.82) is 0 Å². The van der Waals surface area contributed by atoms with Crippen molar-refractivity contribution in [1.82, 2.24) is 19.7 Å². The number of pyridine rings is 1. The monoisotopic (exact) mass is 298 g/mol. The van der Waals surface area contributed by atoms with Crippen LogP contribution in [0.25, 0.3) is 11.0 Å². The fourth-order valence-electron chi connectivity index (χ4n) is 4.33. The molecule has 0 amide bonds. The van der Waals surface area contributed by atoms with E-state index in [0.717, 1.165) is 5.65 Å². The van der Waals surface area contributed by atoms with Gasteiger partial charge in [0.05, 0.1) is 5.69 Å². The van der Waals surface area contributed by atoms with Crippen molar-refractivity contribution in [2.24, 2.45) is 7.05 Å². The lowest BCUT2D eigenvalue weighted by Gasteiger charge is -2.18. The van der Waals surface area contributed by atoms with E-state index in [0.29, 0.717) is 5.92 Å². The molecule has 1 atom stereocenters. The van der Waals surface area contributed by atoms with Crippen LogP contribution in [-0.4, -0.2) is 39.3 Å². The Morgan fingerprint density at radius 1 is 1.27 bits per heavy atom. The van der Waals surface area contributed by atoms with Crippen LogP contribution in [0.15, 0.2) is 6.20 Å². The van der Waals surface area contributed by atoms with Crippen LogP contribution >= 0.6 is 0 Å². The van der Waals surface area contributed by atoms with Gasteiger partial charge in [0.2, 0.25) is 0 Å². The summed E-state index contributed by atoms with van der Waals surface area (Å²) in [4.78, 5) is 7.32. The second-order valence-corrected chi connectivity index (χ2v) is 6.96. The van der Waals surface area contributed by atoms with Gasteiger partial charge in [-0.15, -0.1) is 0 Å². The highest BCUT2D eigenvalue weighted by atomic mass is 15.3. The zero-order valence-electron chi connectivity index (χ0n) is 13.8. The molecule has 4 rings (SSSR count). The van der Waals surface area contributed by atoms with E-state index in [1.165, 1.54) is 74.8 Å². The molecule has 0 aromatic carbocycles. The van der Waals surface area contributed by atoms with Crippen LogP contribution < -0.4 is 0 Å². The molecule has 1 aliphatic heterocycles. The van der Waals surface area contributed by atoms with Gasteiger partial charge in [-0.25, -0.2) is 4.98 Å². The summed E-state index contributed by atoms with van der Waals surface area (Å²) in [6.45, 7) is 5.88. The standard InChI is InChI=1S/C18H26N4/c1-3-9-22-10-8-14(12-22)17-16-15-7-5-4-6-13(15)11-19-18(16)21(2)20-17/h11,14H,3-10,12H2,1-2H3/t14-/m0/s1. The first-order valence-electron chi connectivity index (χ1n) is 8.83. The number of fused-ring (bicyclic) bond motifs is 3. The van der Waals surface area contributed by atoms with Crippen molar-refractivity contribution >= 4 is 11.0 Å². The van der Waals surface area contributed by atoms with E-state index < -0.39 is 0 Å². The van der Waals surface area contributed by atoms with E-state index in [-0.39, 0.29) is 0 Å². The maximum Gasteiger partial charge on any atom is 0.158 e. The molecule has 0 radical (unpaired) electrons. The molecule has 22 heavy (non-hydrogen) atoms. The Morgan fingerprint density at radius 2 is 2.14 bits per heavy atom. The number of likely N-dealkylation sites (tertiary alicyclic amines) is 1. The van der Waals surface area contributed by atoms with Gasteiger partial charge in [-0.1, -0.05) is 6.92 Å². The Kier molecular flexibility index (Phi) is 3.65. The van der Waals surface area contributed by atoms with Crippen LogP contribution in [0.3, 0.4) is 0 Å². The lowest BCUT2D eigenvalue weighted by molar-refractivity contribution is 0.334. The predicted octanol–water partition coefficient (Wildman–Crippen LogP) is 3.05. The van der Waals surface area contributed by atoms with E-state index in [1.54, 1.807) is 5.56 Å². The lowest BCUT2D eigenvalue weighted by atomic mass is 9.89. The van der Waals surface area contributed by atoms with Crippen molar-refractivity contribution < 1.29 is 0 Å². The van der Waals surface area contributed by atoms with Gasteiger partial charge < -0.3 is 4.90 Å². The van der Waals surface area contributed by atoms with Gasteiger partial charge in [0.25, 0.3) is 0 Å². The molecule has 118 valence electrons. The first-order valence-corrected chi connectivity index (χ1v) is 8.83. The van der Waals surface area contributed by atoms with Gasteiger partial charge in [0, 0.05) is 31.1 Å². The molecule has 1 fully saturated rings. The molecule has 0 saturated carbocycles. The fourth-order valence-corrected chi connectivity index (χ4v) is 4.33. The molecule has 3 heterocycles. The Bertz CT molecular complexity index is 688. The third kappa shape index (κ3) is 2.24. The minimum absolute atomic E-state index is 0.588. The van der Waals surface area contributed by atoms with E-state index in [4.69, 9.17) is 10.1 Å². The number of hydrogen-bond acceptors (Lipinski definition) is 3. The molecular weight excluding hydrogens is 272 g/mol. The van der Waals surface area contributed by atoms with Gasteiger partial charge in [0.1, 0.15) is 0 Å². The summed E-state index contributed by atoms with van der Waals surface area (Å²) in [5, 5.41) is 6.29. The minimum Gasteiger partial charge on any atom is -0.303 e. The average molecular weight is 298 g/mol. The molecule has 4 nitrogen and oxygen atoms in total. The quantitative estimate of drug-likeness (QED) is 0.873. The maximum absolute atomic E-state index is 4.90. The molecule has 0 spiro atoms. The second-order valence-electron chi connectivity index (χ2n) is 6.96. The Morgan fingerprint density at radius 3 is 3.00 bits per heavy atom. The van der Waals surface area contributed by atoms with Gasteiger partial charge in [0.15, 0.2) is 5.65 Å². The van der Waals surface area contributed by atoms with Crippen molar-refractivity contribution in [3.05, 3.63) is 23.0 Å². The van der Waals surface area contributed by atoms with Crippen molar-refractivity contribution in [2.75, 3.05) is 19.6 Å². The average Bonchev–Trinajstić information content (AvgIpc) is 3.13. The number of nitrogens with zero attached hydrogens (tertiary/aromatic N) is 4. The Labute approximate surface area is 132 Å².